The number of anilines is 3. The fraction of sp³-hybridized carbons (Fsp3) is 0.350. The summed E-state index contributed by atoms with van der Waals surface area (Å²) in [6.07, 6.45) is 3.42. The molecule has 0 spiro atoms. The molecule has 3 rings (SSSR count). The quantitative estimate of drug-likeness (QED) is 0.700. The average Bonchev–Trinajstić information content (AvgIpc) is 3.19. The zero-order valence-corrected chi connectivity index (χ0v) is 18.6. The Morgan fingerprint density at radius 3 is 2.24 bits per heavy atom. The number of nitrogens with one attached hydrogen (secondary N) is 1. The summed E-state index contributed by atoms with van der Waals surface area (Å²) in [6, 6.07) is 11.0. The number of hydrogen-bond donors (Lipinski definition) is 1. The number of carbonyl (C=O) groups excluding carboxylic acids is 1. The van der Waals surface area contributed by atoms with Crippen LogP contribution in [0.25, 0.3) is 0 Å². The van der Waals surface area contributed by atoms with E-state index in [1.54, 1.807) is 0 Å². The summed E-state index contributed by atoms with van der Waals surface area (Å²) < 4.78 is 25.8. The molecule has 29 heavy (non-hydrogen) atoms. The monoisotopic (exact) mass is 455 g/mol. The minimum atomic E-state index is -3.74. The maximum absolute atomic E-state index is 12.8. The highest BCUT2D eigenvalue weighted by atomic mass is 35.5. The van der Waals surface area contributed by atoms with E-state index in [1.807, 2.05) is 24.3 Å². The van der Waals surface area contributed by atoms with Crippen LogP contribution in [0.5, 0.6) is 0 Å². The van der Waals surface area contributed by atoms with Gasteiger partial charge in [0.15, 0.2) is 0 Å². The van der Waals surface area contributed by atoms with Crippen molar-refractivity contribution in [3.8, 4) is 0 Å². The Morgan fingerprint density at radius 2 is 1.69 bits per heavy atom. The number of hydrogen-bond acceptors (Lipinski definition) is 4. The predicted octanol–water partition coefficient (Wildman–Crippen LogP) is 4.39. The summed E-state index contributed by atoms with van der Waals surface area (Å²) in [5, 5.41) is 3.30. The molecule has 1 saturated heterocycles. The molecule has 0 saturated carbocycles. The highest BCUT2D eigenvalue weighted by Gasteiger charge is 2.29. The van der Waals surface area contributed by atoms with Gasteiger partial charge in [0.1, 0.15) is 6.04 Å². The second kappa shape index (κ2) is 8.81. The van der Waals surface area contributed by atoms with Gasteiger partial charge in [0, 0.05) is 24.5 Å². The molecule has 0 bridgehead atoms. The van der Waals surface area contributed by atoms with Crippen molar-refractivity contribution in [2.45, 2.75) is 25.8 Å². The number of rotatable bonds is 6. The Hall–Kier alpha value is -1.96. The summed E-state index contributed by atoms with van der Waals surface area (Å²) in [4.78, 5) is 15.1. The van der Waals surface area contributed by atoms with Crippen LogP contribution in [0.15, 0.2) is 42.5 Å². The van der Waals surface area contributed by atoms with Crippen molar-refractivity contribution in [1.82, 2.24) is 0 Å². The lowest BCUT2D eigenvalue weighted by molar-refractivity contribution is -0.116. The third-order valence-corrected chi connectivity index (χ3v) is 6.83. The highest BCUT2D eigenvalue weighted by Crippen LogP contribution is 2.30. The third kappa shape index (κ3) is 5.15. The topological polar surface area (TPSA) is 69.7 Å². The molecule has 0 aromatic heterocycles. The number of benzene rings is 2. The molecule has 9 heteroatoms. The van der Waals surface area contributed by atoms with Crippen LogP contribution in [-0.2, 0) is 14.8 Å². The maximum atomic E-state index is 12.8. The SMILES string of the molecule is C[C@@H](C(=O)Nc1ccc(N2CCCC2)cc1)N(c1ccc(Cl)c(Cl)c1)S(C)(=O)=O. The number of carbonyl (C=O) groups is 1. The first-order valence-corrected chi connectivity index (χ1v) is 11.9. The van der Waals surface area contributed by atoms with Crippen LogP contribution in [0, 0.1) is 0 Å². The molecule has 1 amide bonds. The summed E-state index contributed by atoms with van der Waals surface area (Å²) in [5.74, 6) is -0.449. The molecule has 1 heterocycles. The van der Waals surface area contributed by atoms with Gasteiger partial charge in [-0.3, -0.25) is 9.10 Å². The van der Waals surface area contributed by atoms with Gasteiger partial charge in [0.25, 0.3) is 0 Å². The van der Waals surface area contributed by atoms with Gasteiger partial charge in [-0.2, -0.15) is 0 Å². The van der Waals surface area contributed by atoms with Crippen molar-refractivity contribution in [2.75, 3.05) is 33.9 Å². The Labute approximate surface area is 181 Å². The number of nitrogens with zero attached hydrogens (tertiary/aromatic N) is 2. The summed E-state index contributed by atoms with van der Waals surface area (Å²) >= 11 is 12.0. The summed E-state index contributed by atoms with van der Waals surface area (Å²) in [7, 11) is -3.74. The van der Waals surface area contributed by atoms with Gasteiger partial charge in [0.05, 0.1) is 22.0 Å². The van der Waals surface area contributed by atoms with E-state index in [4.69, 9.17) is 23.2 Å². The van der Waals surface area contributed by atoms with Gasteiger partial charge in [0.2, 0.25) is 15.9 Å². The maximum Gasteiger partial charge on any atom is 0.247 e. The van der Waals surface area contributed by atoms with Gasteiger partial charge >= 0.3 is 0 Å². The van der Waals surface area contributed by atoms with E-state index in [1.165, 1.54) is 38.0 Å². The zero-order chi connectivity index (χ0) is 21.2. The largest absolute Gasteiger partial charge is 0.372 e. The lowest BCUT2D eigenvalue weighted by Gasteiger charge is -2.28. The van der Waals surface area contributed by atoms with Gasteiger partial charge < -0.3 is 10.2 Å². The normalized spacial score (nSPS) is 15.2. The number of sulfonamides is 1. The van der Waals surface area contributed by atoms with Crippen molar-refractivity contribution in [3.05, 3.63) is 52.5 Å². The van der Waals surface area contributed by atoms with Crippen molar-refractivity contribution >= 4 is 56.2 Å². The van der Waals surface area contributed by atoms with Crippen LogP contribution >= 0.6 is 23.2 Å². The molecular weight excluding hydrogens is 433 g/mol. The molecule has 1 aliphatic rings. The molecule has 1 aliphatic heterocycles. The van der Waals surface area contributed by atoms with E-state index >= 15 is 0 Å². The van der Waals surface area contributed by atoms with Crippen molar-refractivity contribution in [1.29, 1.82) is 0 Å². The van der Waals surface area contributed by atoms with Gasteiger partial charge in [-0.1, -0.05) is 23.2 Å². The summed E-state index contributed by atoms with van der Waals surface area (Å²) in [6.45, 7) is 3.60. The Bertz CT molecular complexity index is 991. The van der Waals surface area contributed by atoms with E-state index < -0.39 is 22.0 Å². The van der Waals surface area contributed by atoms with E-state index in [2.05, 4.69) is 10.2 Å². The minimum absolute atomic E-state index is 0.211. The zero-order valence-electron chi connectivity index (χ0n) is 16.2. The first-order valence-electron chi connectivity index (χ1n) is 9.27. The lowest BCUT2D eigenvalue weighted by Crippen LogP contribution is -2.45. The van der Waals surface area contributed by atoms with Gasteiger partial charge in [-0.05, 0) is 62.2 Å². The minimum Gasteiger partial charge on any atom is -0.372 e. The molecule has 1 N–H and O–H groups in total. The second-order valence-corrected chi connectivity index (χ2v) is 9.74. The number of amides is 1. The Kier molecular flexibility index (Phi) is 6.61. The molecule has 1 atom stereocenters. The molecule has 0 aliphatic carbocycles. The van der Waals surface area contributed by atoms with Crippen LogP contribution in [-0.4, -0.2) is 39.7 Å². The first-order chi connectivity index (χ1) is 13.7. The Balaban J connectivity index is 1.77. The van der Waals surface area contributed by atoms with Crippen molar-refractivity contribution < 1.29 is 13.2 Å². The smallest absolute Gasteiger partial charge is 0.247 e. The van der Waals surface area contributed by atoms with Crippen LogP contribution in [0.1, 0.15) is 19.8 Å². The standard InChI is InChI=1S/C20H23Cl2N3O3S/c1-14(25(29(2,27)28)17-9-10-18(21)19(22)13-17)20(26)23-15-5-7-16(8-6-15)24-11-3-4-12-24/h5-10,13-14H,3-4,11-12H2,1-2H3,(H,23,26)/t14-/m0/s1. The van der Waals surface area contributed by atoms with Gasteiger partial charge in [-0.25, -0.2) is 8.42 Å². The highest BCUT2D eigenvalue weighted by molar-refractivity contribution is 7.92. The van der Waals surface area contributed by atoms with Crippen LogP contribution in [0.4, 0.5) is 17.1 Å². The lowest BCUT2D eigenvalue weighted by atomic mass is 10.2. The van der Waals surface area contributed by atoms with Gasteiger partial charge in [-0.15, -0.1) is 0 Å². The fourth-order valence-electron chi connectivity index (χ4n) is 3.41. The van der Waals surface area contributed by atoms with Crippen LogP contribution in [0.2, 0.25) is 10.0 Å². The van der Waals surface area contributed by atoms with Crippen LogP contribution in [0.3, 0.4) is 0 Å². The van der Waals surface area contributed by atoms with Crippen molar-refractivity contribution in [2.24, 2.45) is 0 Å². The van der Waals surface area contributed by atoms with Crippen LogP contribution < -0.4 is 14.5 Å². The average molecular weight is 456 g/mol. The van der Waals surface area contributed by atoms with Crippen molar-refractivity contribution in [3.63, 3.8) is 0 Å². The second-order valence-electron chi connectivity index (χ2n) is 7.06. The fourth-order valence-corrected chi connectivity index (χ4v) is 4.87. The molecule has 0 radical (unpaired) electrons. The molecule has 2 aromatic carbocycles. The molecular formula is C20H23Cl2N3O3S. The van der Waals surface area contributed by atoms with E-state index in [0.717, 1.165) is 29.3 Å². The van der Waals surface area contributed by atoms with E-state index in [9.17, 15) is 13.2 Å². The molecule has 2 aromatic rings. The molecule has 6 nitrogen and oxygen atoms in total. The van der Waals surface area contributed by atoms with E-state index in [0.29, 0.717) is 10.7 Å². The molecule has 0 unspecified atom stereocenters. The summed E-state index contributed by atoms with van der Waals surface area (Å²) in [5.41, 5.74) is 1.99. The molecule has 1 fully saturated rings. The third-order valence-electron chi connectivity index (χ3n) is 4.85. The number of halogens is 2. The predicted molar refractivity (Wildman–Crippen MR) is 120 cm³/mol. The van der Waals surface area contributed by atoms with E-state index in [-0.39, 0.29) is 10.7 Å². The Morgan fingerprint density at radius 1 is 1.07 bits per heavy atom. The first kappa shape index (κ1) is 21.7. The molecule has 156 valence electrons.